The predicted octanol–water partition coefficient (Wildman–Crippen LogP) is 2.44. The van der Waals surface area contributed by atoms with Crippen LogP contribution in [0.15, 0.2) is 6.07 Å². The number of carbonyl (C=O) groups is 1. The van der Waals surface area contributed by atoms with E-state index in [-0.39, 0.29) is 11.9 Å². The van der Waals surface area contributed by atoms with E-state index in [9.17, 15) is 4.79 Å². The van der Waals surface area contributed by atoms with E-state index in [0.29, 0.717) is 11.5 Å². The minimum Gasteiger partial charge on any atom is -0.349 e. The van der Waals surface area contributed by atoms with Crippen molar-refractivity contribution in [3.8, 4) is 0 Å². The molecule has 1 N–H and O–H groups in total. The van der Waals surface area contributed by atoms with Gasteiger partial charge in [-0.2, -0.15) is 5.10 Å². The van der Waals surface area contributed by atoms with Crippen LogP contribution in [0.4, 0.5) is 0 Å². The molecule has 1 amide bonds. The van der Waals surface area contributed by atoms with Gasteiger partial charge in [-0.1, -0.05) is 12.8 Å². The minimum atomic E-state index is 0.00209. The molecule has 25 heavy (non-hydrogen) atoms. The normalized spacial score (nSPS) is 21.0. The molecule has 0 saturated heterocycles. The lowest BCUT2D eigenvalue weighted by molar-refractivity contribution is 0.0897. The molecule has 0 aromatic carbocycles. The standard InChI is InChI=1S/C19H29N5O/c1-12-10-15(17-13(2)22-24(5)18(17)20-12)19(25)21-16-9-7-6-8-14(16)11-23(3)4/h10,14,16H,6-9,11H2,1-5H3,(H,21,25). The summed E-state index contributed by atoms with van der Waals surface area (Å²) in [6.07, 6.45) is 4.68. The Bertz CT molecular complexity index is 780. The largest absolute Gasteiger partial charge is 0.349 e. The summed E-state index contributed by atoms with van der Waals surface area (Å²) in [6, 6.07) is 2.12. The lowest BCUT2D eigenvalue weighted by atomic mass is 9.84. The van der Waals surface area contributed by atoms with Crippen LogP contribution >= 0.6 is 0 Å². The zero-order valence-corrected chi connectivity index (χ0v) is 16.0. The van der Waals surface area contributed by atoms with E-state index in [1.165, 1.54) is 19.3 Å². The van der Waals surface area contributed by atoms with Crippen LogP contribution in [0.2, 0.25) is 0 Å². The molecule has 0 radical (unpaired) electrons. The van der Waals surface area contributed by atoms with Crippen LogP contribution in [0, 0.1) is 19.8 Å². The molecule has 0 bridgehead atoms. The van der Waals surface area contributed by atoms with Gasteiger partial charge in [0, 0.05) is 25.3 Å². The van der Waals surface area contributed by atoms with Crippen molar-refractivity contribution in [2.24, 2.45) is 13.0 Å². The molecule has 136 valence electrons. The molecule has 0 spiro atoms. The minimum absolute atomic E-state index is 0.00209. The number of pyridine rings is 1. The highest BCUT2D eigenvalue weighted by atomic mass is 16.1. The first kappa shape index (κ1) is 17.9. The Labute approximate surface area is 149 Å². The van der Waals surface area contributed by atoms with Crippen LogP contribution in [0.1, 0.15) is 47.4 Å². The third-order valence-electron chi connectivity index (χ3n) is 5.17. The van der Waals surface area contributed by atoms with Gasteiger partial charge in [0.05, 0.1) is 16.6 Å². The second kappa shape index (κ2) is 7.12. The van der Waals surface area contributed by atoms with Crippen molar-refractivity contribution < 1.29 is 4.79 Å². The fourth-order valence-electron chi connectivity index (χ4n) is 4.08. The summed E-state index contributed by atoms with van der Waals surface area (Å²) < 4.78 is 1.75. The number of hydrogen-bond acceptors (Lipinski definition) is 4. The van der Waals surface area contributed by atoms with Crippen molar-refractivity contribution in [3.05, 3.63) is 23.0 Å². The van der Waals surface area contributed by atoms with Crippen molar-refractivity contribution in [2.45, 2.75) is 45.6 Å². The number of aromatic nitrogens is 3. The maximum atomic E-state index is 13.1. The van der Waals surface area contributed by atoms with Crippen molar-refractivity contribution in [2.75, 3.05) is 20.6 Å². The Kier molecular flexibility index (Phi) is 5.08. The zero-order valence-electron chi connectivity index (χ0n) is 16.0. The number of nitrogens with one attached hydrogen (secondary N) is 1. The monoisotopic (exact) mass is 343 g/mol. The van der Waals surface area contributed by atoms with E-state index in [1.54, 1.807) is 4.68 Å². The molecule has 1 aliphatic rings. The van der Waals surface area contributed by atoms with E-state index >= 15 is 0 Å². The predicted molar refractivity (Wildman–Crippen MR) is 99.7 cm³/mol. The van der Waals surface area contributed by atoms with E-state index in [4.69, 9.17) is 0 Å². The fourth-order valence-corrected chi connectivity index (χ4v) is 4.08. The van der Waals surface area contributed by atoms with Crippen molar-refractivity contribution in [1.29, 1.82) is 0 Å². The Balaban J connectivity index is 1.89. The lowest BCUT2D eigenvalue weighted by Gasteiger charge is -2.34. The first-order valence-electron chi connectivity index (χ1n) is 9.13. The molecule has 0 aliphatic heterocycles. The highest BCUT2D eigenvalue weighted by molar-refractivity contribution is 6.06. The second-order valence-corrected chi connectivity index (χ2v) is 7.61. The topological polar surface area (TPSA) is 63.1 Å². The van der Waals surface area contributed by atoms with Gasteiger partial charge in [-0.05, 0) is 52.8 Å². The van der Waals surface area contributed by atoms with E-state index in [2.05, 4.69) is 34.4 Å². The number of rotatable bonds is 4. The quantitative estimate of drug-likeness (QED) is 0.926. The Hall–Kier alpha value is -1.95. The van der Waals surface area contributed by atoms with Gasteiger partial charge < -0.3 is 10.2 Å². The summed E-state index contributed by atoms with van der Waals surface area (Å²) >= 11 is 0. The highest BCUT2D eigenvalue weighted by Crippen LogP contribution is 2.27. The molecule has 2 aromatic rings. The molecule has 3 rings (SSSR count). The van der Waals surface area contributed by atoms with Gasteiger partial charge in [0.25, 0.3) is 5.91 Å². The van der Waals surface area contributed by atoms with Gasteiger partial charge in [0.15, 0.2) is 5.65 Å². The summed E-state index contributed by atoms with van der Waals surface area (Å²) in [4.78, 5) is 19.9. The molecule has 1 fully saturated rings. The number of fused-ring (bicyclic) bond motifs is 1. The third-order valence-corrected chi connectivity index (χ3v) is 5.17. The second-order valence-electron chi connectivity index (χ2n) is 7.61. The molecule has 2 aromatic heterocycles. The fraction of sp³-hybridized carbons (Fsp3) is 0.632. The first-order valence-corrected chi connectivity index (χ1v) is 9.13. The Morgan fingerprint density at radius 1 is 1.32 bits per heavy atom. The van der Waals surface area contributed by atoms with Crippen molar-refractivity contribution in [3.63, 3.8) is 0 Å². The molecule has 2 atom stereocenters. The van der Waals surface area contributed by atoms with Crippen molar-refractivity contribution >= 4 is 16.9 Å². The molecule has 2 heterocycles. The van der Waals surface area contributed by atoms with Gasteiger partial charge in [-0.3, -0.25) is 9.48 Å². The lowest BCUT2D eigenvalue weighted by Crippen LogP contribution is -2.45. The van der Waals surface area contributed by atoms with Crippen LogP contribution in [-0.4, -0.2) is 52.3 Å². The number of carbonyl (C=O) groups excluding carboxylic acids is 1. The average molecular weight is 343 g/mol. The van der Waals surface area contributed by atoms with Crippen LogP contribution in [0.3, 0.4) is 0 Å². The maximum absolute atomic E-state index is 13.1. The summed E-state index contributed by atoms with van der Waals surface area (Å²) in [5.74, 6) is 0.517. The van der Waals surface area contributed by atoms with Gasteiger partial charge in [-0.25, -0.2) is 4.98 Å². The molecule has 2 unspecified atom stereocenters. The van der Waals surface area contributed by atoms with Gasteiger partial charge >= 0.3 is 0 Å². The van der Waals surface area contributed by atoms with Gasteiger partial charge in [-0.15, -0.1) is 0 Å². The van der Waals surface area contributed by atoms with Crippen molar-refractivity contribution in [1.82, 2.24) is 25.0 Å². The number of hydrogen-bond donors (Lipinski definition) is 1. The SMILES string of the molecule is Cc1cc(C(=O)NC2CCCCC2CN(C)C)c2c(C)nn(C)c2n1. The summed E-state index contributed by atoms with van der Waals surface area (Å²) in [6.45, 7) is 4.88. The van der Waals surface area contributed by atoms with Gasteiger partial charge in [0.2, 0.25) is 0 Å². The summed E-state index contributed by atoms with van der Waals surface area (Å²) in [5, 5.41) is 8.63. The molecule has 6 heteroatoms. The van der Waals surface area contributed by atoms with E-state index < -0.39 is 0 Å². The number of nitrogens with zero attached hydrogens (tertiary/aromatic N) is 4. The molecule has 6 nitrogen and oxygen atoms in total. The number of aryl methyl sites for hydroxylation is 3. The first-order chi connectivity index (χ1) is 11.9. The zero-order chi connectivity index (χ0) is 18.1. The molecule has 1 saturated carbocycles. The van der Waals surface area contributed by atoms with Crippen LogP contribution in [0.25, 0.3) is 11.0 Å². The van der Waals surface area contributed by atoms with Crippen LogP contribution in [-0.2, 0) is 7.05 Å². The third kappa shape index (κ3) is 3.68. The smallest absolute Gasteiger partial charge is 0.252 e. The van der Waals surface area contributed by atoms with E-state index in [0.717, 1.165) is 35.4 Å². The summed E-state index contributed by atoms with van der Waals surface area (Å²) in [5.41, 5.74) is 3.16. The highest BCUT2D eigenvalue weighted by Gasteiger charge is 2.28. The maximum Gasteiger partial charge on any atom is 0.252 e. The molecule has 1 aliphatic carbocycles. The summed E-state index contributed by atoms with van der Waals surface area (Å²) in [7, 11) is 6.07. The van der Waals surface area contributed by atoms with Crippen LogP contribution in [0.5, 0.6) is 0 Å². The van der Waals surface area contributed by atoms with Crippen LogP contribution < -0.4 is 5.32 Å². The number of amides is 1. The Morgan fingerprint density at radius 3 is 2.76 bits per heavy atom. The van der Waals surface area contributed by atoms with E-state index in [1.807, 2.05) is 27.0 Å². The van der Waals surface area contributed by atoms with Gasteiger partial charge in [0.1, 0.15) is 0 Å². The Morgan fingerprint density at radius 2 is 2.04 bits per heavy atom. The molecular formula is C19H29N5O. The average Bonchev–Trinajstić information content (AvgIpc) is 2.82. The molecular weight excluding hydrogens is 314 g/mol.